The summed E-state index contributed by atoms with van der Waals surface area (Å²) in [4.78, 5) is 0.306. The number of thiocarbonyl (C=S) groups is 1. The molecule has 0 aliphatic heterocycles. The van der Waals surface area contributed by atoms with E-state index in [2.05, 4.69) is 0 Å². The second kappa shape index (κ2) is 4.38. The van der Waals surface area contributed by atoms with Crippen molar-refractivity contribution in [3.8, 4) is 0 Å². The van der Waals surface area contributed by atoms with Crippen LogP contribution in [0.3, 0.4) is 0 Å². The fraction of sp³-hybridized carbons (Fsp3) is 0.417. The molecule has 1 aliphatic carbocycles. The van der Waals surface area contributed by atoms with E-state index in [4.69, 9.17) is 18.0 Å². The number of nitrogens with two attached hydrogens (primary N) is 1. The van der Waals surface area contributed by atoms with Crippen LogP contribution in [0, 0.1) is 5.92 Å². The highest BCUT2D eigenvalue weighted by Gasteiger charge is 2.59. The number of rotatable bonds is 4. The Hall–Kier alpha value is -0.940. The lowest BCUT2D eigenvalue weighted by Gasteiger charge is -1.99. The molecule has 1 aromatic rings. The van der Waals surface area contributed by atoms with Gasteiger partial charge in [-0.15, -0.1) is 0 Å². The van der Waals surface area contributed by atoms with Gasteiger partial charge in [-0.25, -0.2) is 8.42 Å². The summed E-state index contributed by atoms with van der Waals surface area (Å²) >= 11 is 4.97. The Morgan fingerprint density at radius 3 is 2.41 bits per heavy atom. The average Bonchev–Trinajstić information content (AvgIpc) is 3.06. The summed E-state index contributed by atoms with van der Waals surface area (Å²) in [7, 11) is -3.08. The van der Waals surface area contributed by atoms with Crippen molar-refractivity contribution in [3.63, 3.8) is 0 Å². The highest BCUT2D eigenvalue weighted by atomic mass is 32.2. The highest BCUT2D eigenvalue weighted by Crippen LogP contribution is 2.52. The van der Waals surface area contributed by atoms with Crippen molar-refractivity contribution in [2.45, 2.75) is 18.1 Å². The van der Waals surface area contributed by atoms with Gasteiger partial charge in [-0.1, -0.05) is 49.5 Å². The van der Waals surface area contributed by atoms with Gasteiger partial charge in [0.25, 0.3) is 0 Å². The third-order valence-electron chi connectivity index (χ3n) is 3.28. The van der Waals surface area contributed by atoms with Crippen LogP contribution in [0.5, 0.6) is 0 Å². The van der Waals surface area contributed by atoms with Crippen LogP contribution >= 0.6 is 12.2 Å². The molecule has 0 saturated heterocycles. The van der Waals surface area contributed by atoms with Crippen molar-refractivity contribution in [2.24, 2.45) is 11.7 Å². The highest BCUT2D eigenvalue weighted by molar-refractivity contribution is 7.92. The molecule has 0 radical (unpaired) electrons. The van der Waals surface area contributed by atoms with Crippen molar-refractivity contribution in [1.82, 2.24) is 0 Å². The zero-order chi connectivity index (χ0) is 12.6. The molecule has 1 aromatic carbocycles. The molecule has 0 amide bonds. The Bertz CT molecular complexity index is 525. The van der Waals surface area contributed by atoms with Crippen molar-refractivity contribution >= 4 is 27.0 Å². The van der Waals surface area contributed by atoms with E-state index in [-0.39, 0.29) is 17.6 Å². The summed E-state index contributed by atoms with van der Waals surface area (Å²) in [6.07, 6.45) is 0. The lowest BCUT2D eigenvalue weighted by molar-refractivity contribution is 0.594. The van der Waals surface area contributed by atoms with Gasteiger partial charge in [-0.2, -0.15) is 0 Å². The first kappa shape index (κ1) is 12.5. The second-order valence-corrected chi connectivity index (χ2v) is 7.20. The van der Waals surface area contributed by atoms with Gasteiger partial charge in [0.05, 0.1) is 10.2 Å². The molecule has 0 spiro atoms. The predicted octanol–water partition coefficient (Wildman–Crippen LogP) is 1.49. The van der Waals surface area contributed by atoms with Gasteiger partial charge >= 0.3 is 0 Å². The maximum atomic E-state index is 11.9. The average molecular weight is 269 g/mol. The van der Waals surface area contributed by atoms with Crippen molar-refractivity contribution in [3.05, 3.63) is 35.9 Å². The summed E-state index contributed by atoms with van der Waals surface area (Å²) < 4.78 is 23.9. The molecule has 3 atom stereocenters. The molecule has 1 fully saturated rings. The molecule has 3 nitrogen and oxygen atoms in total. The van der Waals surface area contributed by atoms with Gasteiger partial charge in [-0.05, 0) is 5.56 Å². The van der Waals surface area contributed by atoms with Gasteiger partial charge in [0.2, 0.25) is 0 Å². The quantitative estimate of drug-likeness (QED) is 0.841. The van der Waals surface area contributed by atoms with E-state index < -0.39 is 15.1 Å². The van der Waals surface area contributed by atoms with Crippen LogP contribution in [-0.2, 0) is 9.84 Å². The Morgan fingerprint density at radius 1 is 1.35 bits per heavy atom. The van der Waals surface area contributed by atoms with E-state index in [9.17, 15) is 8.42 Å². The smallest absolute Gasteiger partial charge is 0.154 e. The Balaban J connectivity index is 2.34. The Kier molecular flexibility index (Phi) is 3.23. The maximum Gasteiger partial charge on any atom is 0.154 e. The van der Waals surface area contributed by atoms with Crippen LogP contribution in [0.2, 0.25) is 0 Å². The van der Waals surface area contributed by atoms with Gasteiger partial charge in [-0.3, -0.25) is 0 Å². The third-order valence-corrected chi connectivity index (χ3v) is 5.78. The van der Waals surface area contributed by atoms with E-state index >= 15 is 0 Å². The van der Waals surface area contributed by atoms with E-state index in [0.717, 1.165) is 5.56 Å². The monoisotopic (exact) mass is 269 g/mol. The van der Waals surface area contributed by atoms with E-state index in [1.165, 1.54) is 0 Å². The molecule has 2 rings (SSSR count). The van der Waals surface area contributed by atoms with Gasteiger partial charge in [0.15, 0.2) is 9.84 Å². The number of sulfone groups is 1. The van der Waals surface area contributed by atoms with E-state index in [0.29, 0.717) is 4.99 Å². The Labute approximate surface area is 107 Å². The minimum atomic E-state index is -3.08. The number of hydrogen-bond donors (Lipinski definition) is 1. The van der Waals surface area contributed by atoms with Crippen LogP contribution < -0.4 is 5.73 Å². The summed E-state index contributed by atoms with van der Waals surface area (Å²) in [5.41, 5.74) is 6.64. The molecule has 5 heteroatoms. The maximum absolute atomic E-state index is 11.9. The van der Waals surface area contributed by atoms with Crippen molar-refractivity contribution in [2.75, 3.05) is 5.75 Å². The van der Waals surface area contributed by atoms with Crippen LogP contribution in [0.1, 0.15) is 18.4 Å². The van der Waals surface area contributed by atoms with E-state index in [1.807, 2.05) is 30.3 Å². The first-order valence-corrected chi connectivity index (χ1v) is 7.67. The second-order valence-electron chi connectivity index (χ2n) is 4.28. The van der Waals surface area contributed by atoms with Crippen LogP contribution in [0.25, 0.3) is 0 Å². The zero-order valence-corrected chi connectivity index (χ0v) is 11.2. The first-order chi connectivity index (χ1) is 7.99. The molecular formula is C12H15NO2S2. The number of benzene rings is 1. The van der Waals surface area contributed by atoms with Gasteiger partial charge in [0, 0.05) is 17.6 Å². The normalized spacial score (nSPS) is 27.7. The molecule has 92 valence electrons. The predicted molar refractivity (Wildman–Crippen MR) is 72.7 cm³/mol. The van der Waals surface area contributed by atoms with E-state index in [1.54, 1.807) is 6.92 Å². The van der Waals surface area contributed by atoms with Crippen LogP contribution in [-0.4, -0.2) is 24.4 Å². The summed E-state index contributed by atoms with van der Waals surface area (Å²) in [5.74, 6) is -0.115. The van der Waals surface area contributed by atoms with Crippen LogP contribution in [0.15, 0.2) is 30.3 Å². The SMILES string of the molecule is CCS(=O)(=O)[C@H]1[C@H](C(N)=S)[C@@H]1c1ccccc1. The summed E-state index contributed by atoms with van der Waals surface area (Å²) in [6.45, 7) is 1.66. The minimum absolute atomic E-state index is 0.0568. The largest absolute Gasteiger partial charge is 0.393 e. The molecule has 17 heavy (non-hydrogen) atoms. The number of hydrogen-bond acceptors (Lipinski definition) is 3. The summed E-state index contributed by atoms with van der Waals surface area (Å²) in [6, 6.07) is 9.58. The fourth-order valence-electron chi connectivity index (χ4n) is 2.33. The Morgan fingerprint density at radius 2 is 1.94 bits per heavy atom. The third kappa shape index (κ3) is 2.21. The van der Waals surface area contributed by atoms with Gasteiger partial charge < -0.3 is 5.73 Å². The first-order valence-electron chi connectivity index (χ1n) is 5.55. The lowest BCUT2D eigenvalue weighted by atomic mass is 10.1. The van der Waals surface area contributed by atoms with Crippen molar-refractivity contribution in [1.29, 1.82) is 0 Å². The fourth-order valence-corrected chi connectivity index (χ4v) is 4.54. The van der Waals surface area contributed by atoms with Gasteiger partial charge in [0.1, 0.15) is 0 Å². The molecule has 2 N–H and O–H groups in total. The molecule has 0 aromatic heterocycles. The van der Waals surface area contributed by atoms with Crippen LogP contribution in [0.4, 0.5) is 0 Å². The molecule has 0 heterocycles. The molecule has 0 unspecified atom stereocenters. The summed E-state index contributed by atoms with van der Waals surface area (Å²) in [5, 5.41) is -0.424. The molecular weight excluding hydrogens is 254 g/mol. The zero-order valence-electron chi connectivity index (χ0n) is 9.54. The van der Waals surface area contributed by atoms with Crippen molar-refractivity contribution < 1.29 is 8.42 Å². The lowest BCUT2D eigenvalue weighted by Crippen LogP contribution is -2.18. The minimum Gasteiger partial charge on any atom is -0.393 e. The molecule has 1 aliphatic rings. The molecule has 0 bridgehead atoms. The standard InChI is InChI=1S/C12H15NO2S2/c1-2-17(14,15)11-9(10(11)12(13)16)8-6-4-3-5-7-8/h3-7,9-11H,2H2,1H3,(H2,13,16)/t9-,10+,11+/m0/s1. The molecule has 1 saturated carbocycles. The topological polar surface area (TPSA) is 60.2 Å².